The first-order chi connectivity index (χ1) is 12.7. The van der Waals surface area contributed by atoms with E-state index in [1.807, 2.05) is 11.0 Å². The van der Waals surface area contributed by atoms with E-state index in [0.29, 0.717) is 0 Å². The first-order valence-electron chi connectivity index (χ1n) is 9.55. The molecule has 3 nitrogen and oxygen atoms in total. The second kappa shape index (κ2) is 7.58. The first-order valence-corrected chi connectivity index (χ1v) is 9.55. The Morgan fingerprint density at radius 2 is 1.62 bits per heavy atom. The lowest BCUT2D eigenvalue weighted by atomic mass is 10.0. The molecule has 1 saturated heterocycles. The summed E-state index contributed by atoms with van der Waals surface area (Å²) in [5, 5.41) is 0. The van der Waals surface area contributed by atoms with Crippen molar-refractivity contribution in [2.45, 2.75) is 38.3 Å². The van der Waals surface area contributed by atoms with Gasteiger partial charge in [0.05, 0.1) is 0 Å². The Balaban J connectivity index is 1.44. The second-order valence-corrected chi connectivity index (χ2v) is 7.45. The van der Waals surface area contributed by atoms with Crippen molar-refractivity contribution in [3.63, 3.8) is 0 Å². The monoisotopic (exact) mass is 352 g/mol. The Hall–Kier alpha value is -2.20. The highest BCUT2D eigenvalue weighted by atomic mass is 19.1. The van der Waals surface area contributed by atoms with Crippen molar-refractivity contribution in [3.8, 4) is 0 Å². The standard InChI is InChI=1S/C22H25FN2O/c23-19-8-10-20(11-9-19)25(22(26)18-6-7-18)21-12-14-24(15-13-21)16-17-4-2-1-3-5-17/h1-5,8-11,18,21H,6-7,12-16H2. The predicted octanol–water partition coefficient (Wildman–Crippen LogP) is 4.23. The van der Waals surface area contributed by atoms with Gasteiger partial charge in [0.15, 0.2) is 0 Å². The summed E-state index contributed by atoms with van der Waals surface area (Å²) >= 11 is 0. The summed E-state index contributed by atoms with van der Waals surface area (Å²) in [6.07, 6.45) is 3.90. The molecule has 0 unspecified atom stereocenters. The van der Waals surface area contributed by atoms with Crippen molar-refractivity contribution in [1.29, 1.82) is 0 Å². The summed E-state index contributed by atoms with van der Waals surface area (Å²) in [5.41, 5.74) is 2.17. The molecule has 1 saturated carbocycles. The molecule has 1 heterocycles. The topological polar surface area (TPSA) is 23.6 Å². The average Bonchev–Trinajstić information content (AvgIpc) is 3.51. The number of nitrogens with zero attached hydrogens (tertiary/aromatic N) is 2. The van der Waals surface area contributed by atoms with Gasteiger partial charge in [-0.2, -0.15) is 0 Å². The van der Waals surface area contributed by atoms with Gasteiger partial charge in [0.2, 0.25) is 5.91 Å². The molecule has 0 bridgehead atoms. The molecule has 0 N–H and O–H groups in total. The van der Waals surface area contributed by atoms with Crippen LogP contribution in [0.2, 0.25) is 0 Å². The van der Waals surface area contributed by atoms with Gasteiger partial charge >= 0.3 is 0 Å². The van der Waals surface area contributed by atoms with Crippen LogP contribution in [0, 0.1) is 11.7 Å². The molecular weight excluding hydrogens is 327 g/mol. The van der Waals surface area contributed by atoms with Crippen LogP contribution in [0.3, 0.4) is 0 Å². The van der Waals surface area contributed by atoms with Crippen LogP contribution in [0.1, 0.15) is 31.2 Å². The van der Waals surface area contributed by atoms with Crippen molar-refractivity contribution in [2.75, 3.05) is 18.0 Å². The Kier molecular flexibility index (Phi) is 5.02. The fourth-order valence-corrected chi connectivity index (χ4v) is 3.82. The van der Waals surface area contributed by atoms with Gasteiger partial charge in [-0.3, -0.25) is 9.69 Å². The summed E-state index contributed by atoms with van der Waals surface area (Å²) < 4.78 is 13.3. The molecule has 1 aliphatic carbocycles. The largest absolute Gasteiger partial charge is 0.309 e. The lowest BCUT2D eigenvalue weighted by molar-refractivity contribution is -0.120. The number of piperidine rings is 1. The van der Waals surface area contributed by atoms with E-state index in [1.165, 1.54) is 17.7 Å². The number of anilines is 1. The summed E-state index contributed by atoms with van der Waals surface area (Å²) in [6.45, 7) is 2.92. The molecule has 2 aromatic carbocycles. The number of hydrogen-bond acceptors (Lipinski definition) is 2. The van der Waals surface area contributed by atoms with Crippen LogP contribution in [-0.4, -0.2) is 29.9 Å². The minimum absolute atomic E-state index is 0.169. The van der Waals surface area contributed by atoms with Gasteiger partial charge in [-0.05, 0) is 55.5 Å². The third-order valence-electron chi connectivity index (χ3n) is 5.44. The molecule has 2 aromatic rings. The molecule has 136 valence electrons. The molecule has 4 heteroatoms. The molecule has 2 fully saturated rings. The van der Waals surface area contributed by atoms with Gasteiger partial charge in [-0.25, -0.2) is 4.39 Å². The maximum Gasteiger partial charge on any atom is 0.230 e. The minimum Gasteiger partial charge on any atom is -0.309 e. The van der Waals surface area contributed by atoms with E-state index in [0.717, 1.165) is 51.0 Å². The van der Waals surface area contributed by atoms with Gasteiger partial charge in [0, 0.05) is 37.3 Å². The zero-order valence-corrected chi connectivity index (χ0v) is 15.0. The molecule has 0 radical (unpaired) electrons. The van der Waals surface area contributed by atoms with Crippen LogP contribution in [0.15, 0.2) is 54.6 Å². The number of benzene rings is 2. The highest BCUT2D eigenvalue weighted by Crippen LogP contribution is 2.35. The predicted molar refractivity (Wildman–Crippen MR) is 101 cm³/mol. The fourth-order valence-electron chi connectivity index (χ4n) is 3.82. The number of amides is 1. The second-order valence-electron chi connectivity index (χ2n) is 7.45. The van der Waals surface area contributed by atoms with Crippen molar-refractivity contribution in [1.82, 2.24) is 4.90 Å². The van der Waals surface area contributed by atoms with Crippen LogP contribution >= 0.6 is 0 Å². The van der Waals surface area contributed by atoms with Gasteiger partial charge < -0.3 is 4.90 Å². The zero-order valence-electron chi connectivity index (χ0n) is 15.0. The minimum atomic E-state index is -0.259. The number of hydrogen-bond donors (Lipinski definition) is 0. The highest BCUT2D eigenvalue weighted by Gasteiger charge is 2.38. The van der Waals surface area contributed by atoms with Gasteiger partial charge in [-0.15, -0.1) is 0 Å². The quantitative estimate of drug-likeness (QED) is 0.804. The lowest BCUT2D eigenvalue weighted by Crippen LogP contribution is -2.48. The molecule has 1 aliphatic heterocycles. The maximum atomic E-state index is 13.3. The molecule has 4 rings (SSSR count). The molecule has 2 aliphatic rings. The van der Waals surface area contributed by atoms with Crippen molar-refractivity contribution in [2.24, 2.45) is 5.92 Å². The van der Waals surface area contributed by atoms with E-state index >= 15 is 0 Å². The normalized spacial score (nSPS) is 18.7. The Morgan fingerprint density at radius 1 is 0.962 bits per heavy atom. The maximum absolute atomic E-state index is 13.3. The number of rotatable bonds is 5. The van der Waals surface area contributed by atoms with E-state index in [2.05, 4.69) is 29.2 Å². The molecule has 1 amide bonds. The van der Waals surface area contributed by atoms with Crippen LogP contribution in [0.5, 0.6) is 0 Å². The van der Waals surface area contributed by atoms with Crippen molar-refractivity contribution < 1.29 is 9.18 Å². The Morgan fingerprint density at radius 3 is 2.23 bits per heavy atom. The highest BCUT2D eigenvalue weighted by molar-refractivity contribution is 5.97. The molecular formula is C22H25FN2O. The van der Waals surface area contributed by atoms with Gasteiger partial charge in [-0.1, -0.05) is 30.3 Å². The summed E-state index contributed by atoms with van der Waals surface area (Å²) in [7, 11) is 0. The van der Waals surface area contributed by atoms with E-state index in [1.54, 1.807) is 12.1 Å². The van der Waals surface area contributed by atoms with E-state index in [9.17, 15) is 9.18 Å². The Labute approximate surface area is 154 Å². The third kappa shape index (κ3) is 3.96. The number of halogens is 1. The van der Waals surface area contributed by atoms with Crippen molar-refractivity contribution in [3.05, 3.63) is 66.0 Å². The van der Waals surface area contributed by atoms with Crippen LogP contribution in [0.25, 0.3) is 0 Å². The number of likely N-dealkylation sites (tertiary alicyclic amines) is 1. The number of carbonyl (C=O) groups excluding carboxylic acids is 1. The van der Waals surface area contributed by atoms with E-state index in [-0.39, 0.29) is 23.7 Å². The molecule has 0 atom stereocenters. The average molecular weight is 352 g/mol. The summed E-state index contributed by atoms with van der Waals surface area (Å²) in [5.74, 6) is 0.130. The number of carbonyl (C=O) groups is 1. The first kappa shape index (κ1) is 17.2. The Bertz CT molecular complexity index is 734. The fraction of sp³-hybridized carbons (Fsp3) is 0.409. The summed E-state index contributed by atoms with van der Waals surface area (Å²) in [4.78, 5) is 17.3. The van der Waals surface area contributed by atoms with Crippen LogP contribution in [0.4, 0.5) is 10.1 Å². The van der Waals surface area contributed by atoms with Crippen LogP contribution < -0.4 is 4.90 Å². The smallest absolute Gasteiger partial charge is 0.230 e. The van der Waals surface area contributed by atoms with E-state index < -0.39 is 0 Å². The van der Waals surface area contributed by atoms with Gasteiger partial charge in [0.25, 0.3) is 0 Å². The molecule has 26 heavy (non-hydrogen) atoms. The van der Waals surface area contributed by atoms with Crippen molar-refractivity contribution >= 4 is 11.6 Å². The lowest BCUT2D eigenvalue weighted by Gasteiger charge is -2.39. The molecule has 0 aromatic heterocycles. The van der Waals surface area contributed by atoms with E-state index in [4.69, 9.17) is 0 Å². The van der Waals surface area contributed by atoms with Gasteiger partial charge in [0.1, 0.15) is 5.82 Å². The third-order valence-corrected chi connectivity index (χ3v) is 5.44. The summed E-state index contributed by atoms with van der Waals surface area (Å²) in [6, 6.07) is 17.1. The SMILES string of the molecule is O=C(C1CC1)N(c1ccc(F)cc1)C1CCN(Cc2ccccc2)CC1. The van der Waals surface area contributed by atoms with Crippen LogP contribution in [-0.2, 0) is 11.3 Å². The zero-order chi connectivity index (χ0) is 17.9. The molecule has 0 spiro atoms.